The number of amides is 1. The number of carbonyl (C=O) groups excluding carboxylic acids is 1. The lowest BCUT2D eigenvalue weighted by molar-refractivity contribution is -0.114. The second-order valence-electron chi connectivity index (χ2n) is 5.65. The van der Waals surface area contributed by atoms with Crippen LogP contribution in [0.15, 0.2) is 42.5 Å². The summed E-state index contributed by atoms with van der Waals surface area (Å²) < 4.78 is 5.52. The highest BCUT2D eigenvalue weighted by Crippen LogP contribution is 2.16. The van der Waals surface area contributed by atoms with Gasteiger partial charge in [-0.05, 0) is 67.8 Å². The van der Waals surface area contributed by atoms with Gasteiger partial charge in [0.05, 0.1) is 13.2 Å². The van der Waals surface area contributed by atoms with Crippen molar-refractivity contribution in [2.75, 3.05) is 23.8 Å². The van der Waals surface area contributed by atoms with Gasteiger partial charge in [-0.1, -0.05) is 13.0 Å². The Hall–Kier alpha value is -2.49. The summed E-state index contributed by atoms with van der Waals surface area (Å²) >= 11 is 0. The molecule has 23 heavy (non-hydrogen) atoms. The van der Waals surface area contributed by atoms with Crippen molar-refractivity contribution in [1.82, 2.24) is 0 Å². The normalized spacial score (nSPS) is 10.2. The van der Waals surface area contributed by atoms with Crippen LogP contribution in [-0.2, 0) is 4.79 Å². The summed E-state index contributed by atoms with van der Waals surface area (Å²) in [5.41, 5.74) is 4.08. The van der Waals surface area contributed by atoms with Crippen molar-refractivity contribution in [1.29, 1.82) is 0 Å². The van der Waals surface area contributed by atoms with Crippen LogP contribution in [0.2, 0.25) is 0 Å². The average molecular weight is 312 g/mol. The van der Waals surface area contributed by atoms with Crippen molar-refractivity contribution < 1.29 is 9.53 Å². The standard InChI is InChI=1S/C19H24N2O2/c1-4-9-23-18-7-5-16(6-8-18)21-19(22)13-20-17-11-14(2)10-15(3)12-17/h5-8,10-12,20H,4,9,13H2,1-3H3,(H,21,22). The minimum absolute atomic E-state index is 0.0774. The number of hydrogen-bond donors (Lipinski definition) is 2. The largest absolute Gasteiger partial charge is 0.494 e. The molecule has 0 aliphatic heterocycles. The molecule has 2 aromatic rings. The molecule has 0 fully saturated rings. The van der Waals surface area contributed by atoms with Gasteiger partial charge in [-0.2, -0.15) is 0 Å². The molecule has 4 nitrogen and oxygen atoms in total. The number of aryl methyl sites for hydroxylation is 2. The van der Waals surface area contributed by atoms with Gasteiger partial charge in [0.1, 0.15) is 5.75 Å². The topological polar surface area (TPSA) is 50.4 Å². The zero-order chi connectivity index (χ0) is 16.7. The van der Waals surface area contributed by atoms with E-state index >= 15 is 0 Å². The third kappa shape index (κ3) is 5.66. The van der Waals surface area contributed by atoms with Crippen molar-refractivity contribution in [3.8, 4) is 5.75 Å². The maximum Gasteiger partial charge on any atom is 0.243 e. The van der Waals surface area contributed by atoms with Crippen LogP contribution < -0.4 is 15.4 Å². The Morgan fingerprint density at radius 2 is 1.65 bits per heavy atom. The van der Waals surface area contributed by atoms with E-state index in [0.29, 0.717) is 6.61 Å². The number of rotatable bonds is 7. The Kier molecular flexibility index (Phi) is 6.03. The van der Waals surface area contributed by atoms with Crippen LogP contribution in [-0.4, -0.2) is 19.1 Å². The highest BCUT2D eigenvalue weighted by Gasteiger charge is 2.03. The molecule has 0 aliphatic carbocycles. The molecule has 122 valence electrons. The molecular formula is C19H24N2O2. The molecular weight excluding hydrogens is 288 g/mol. The third-order valence-corrected chi connectivity index (χ3v) is 3.29. The van der Waals surface area contributed by atoms with Crippen molar-refractivity contribution in [2.45, 2.75) is 27.2 Å². The Bertz CT molecular complexity index is 631. The average Bonchev–Trinajstić information content (AvgIpc) is 2.51. The lowest BCUT2D eigenvalue weighted by Crippen LogP contribution is -2.21. The molecule has 0 spiro atoms. The molecule has 2 N–H and O–H groups in total. The van der Waals surface area contributed by atoms with Crippen LogP contribution in [0.3, 0.4) is 0 Å². The molecule has 0 atom stereocenters. The highest BCUT2D eigenvalue weighted by atomic mass is 16.5. The van der Waals surface area contributed by atoms with Crippen LogP contribution in [0.4, 0.5) is 11.4 Å². The van der Waals surface area contributed by atoms with Gasteiger partial charge >= 0.3 is 0 Å². The molecule has 0 aliphatic rings. The Morgan fingerprint density at radius 3 is 2.26 bits per heavy atom. The Labute approximate surface area is 137 Å². The summed E-state index contributed by atoms with van der Waals surface area (Å²) in [6.07, 6.45) is 0.975. The van der Waals surface area contributed by atoms with E-state index in [2.05, 4.69) is 23.6 Å². The fourth-order valence-corrected chi connectivity index (χ4v) is 2.32. The number of ether oxygens (including phenoxy) is 1. The van der Waals surface area contributed by atoms with Crippen LogP contribution in [0.25, 0.3) is 0 Å². The summed E-state index contributed by atoms with van der Waals surface area (Å²) in [5.74, 6) is 0.740. The van der Waals surface area contributed by atoms with Crippen molar-refractivity contribution >= 4 is 17.3 Å². The minimum Gasteiger partial charge on any atom is -0.494 e. The van der Waals surface area contributed by atoms with Crippen LogP contribution >= 0.6 is 0 Å². The summed E-state index contributed by atoms with van der Waals surface area (Å²) in [6.45, 7) is 7.08. The van der Waals surface area contributed by atoms with E-state index in [4.69, 9.17) is 4.74 Å². The van der Waals surface area contributed by atoms with E-state index in [9.17, 15) is 4.79 Å². The molecule has 0 saturated heterocycles. The summed E-state index contributed by atoms with van der Waals surface area (Å²) in [6, 6.07) is 13.6. The fourth-order valence-electron chi connectivity index (χ4n) is 2.32. The van der Waals surface area contributed by atoms with Crippen molar-refractivity contribution in [2.24, 2.45) is 0 Å². The quantitative estimate of drug-likeness (QED) is 0.808. The lowest BCUT2D eigenvalue weighted by Gasteiger charge is -2.10. The van der Waals surface area contributed by atoms with Gasteiger partial charge in [0.25, 0.3) is 0 Å². The van der Waals surface area contributed by atoms with E-state index in [1.165, 1.54) is 11.1 Å². The lowest BCUT2D eigenvalue weighted by atomic mass is 10.1. The van der Waals surface area contributed by atoms with E-state index in [-0.39, 0.29) is 12.5 Å². The fraction of sp³-hybridized carbons (Fsp3) is 0.316. The van der Waals surface area contributed by atoms with Crippen LogP contribution in [0.5, 0.6) is 5.75 Å². The summed E-state index contributed by atoms with van der Waals surface area (Å²) in [4.78, 5) is 12.0. The Morgan fingerprint density at radius 1 is 1.00 bits per heavy atom. The van der Waals surface area contributed by atoms with Gasteiger partial charge in [-0.3, -0.25) is 4.79 Å². The number of benzene rings is 2. The summed E-state index contributed by atoms with van der Waals surface area (Å²) in [5, 5.41) is 6.02. The first kappa shape index (κ1) is 16.9. The predicted molar refractivity (Wildman–Crippen MR) is 95.3 cm³/mol. The first-order valence-corrected chi connectivity index (χ1v) is 7.91. The zero-order valence-corrected chi connectivity index (χ0v) is 14.0. The van der Waals surface area contributed by atoms with Crippen LogP contribution in [0.1, 0.15) is 24.5 Å². The number of hydrogen-bond acceptors (Lipinski definition) is 3. The molecule has 0 saturated carbocycles. The number of anilines is 2. The second-order valence-corrected chi connectivity index (χ2v) is 5.65. The third-order valence-electron chi connectivity index (χ3n) is 3.29. The Balaban J connectivity index is 1.84. The predicted octanol–water partition coefficient (Wildman–Crippen LogP) is 4.14. The van der Waals surface area contributed by atoms with Crippen molar-refractivity contribution in [3.05, 3.63) is 53.6 Å². The maximum absolute atomic E-state index is 12.0. The zero-order valence-electron chi connectivity index (χ0n) is 14.0. The van der Waals surface area contributed by atoms with E-state index < -0.39 is 0 Å². The molecule has 2 aromatic carbocycles. The SMILES string of the molecule is CCCOc1ccc(NC(=O)CNc2cc(C)cc(C)c2)cc1. The first-order chi connectivity index (χ1) is 11.1. The monoisotopic (exact) mass is 312 g/mol. The number of nitrogens with one attached hydrogen (secondary N) is 2. The maximum atomic E-state index is 12.0. The van der Waals surface area contributed by atoms with Gasteiger partial charge in [0, 0.05) is 11.4 Å². The molecule has 0 unspecified atom stereocenters. The van der Waals surface area contributed by atoms with Gasteiger partial charge in [0.15, 0.2) is 0 Å². The van der Waals surface area contributed by atoms with E-state index in [1.54, 1.807) is 0 Å². The van der Waals surface area contributed by atoms with E-state index in [1.807, 2.05) is 50.2 Å². The van der Waals surface area contributed by atoms with Crippen LogP contribution in [0, 0.1) is 13.8 Å². The molecule has 2 rings (SSSR count). The van der Waals surface area contributed by atoms with E-state index in [0.717, 1.165) is 23.5 Å². The van der Waals surface area contributed by atoms with Gasteiger partial charge in [0.2, 0.25) is 5.91 Å². The second kappa shape index (κ2) is 8.22. The minimum atomic E-state index is -0.0774. The smallest absolute Gasteiger partial charge is 0.243 e. The van der Waals surface area contributed by atoms with Crippen molar-refractivity contribution in [3.63, 3.8) is 0 Å². The molecule has 0 bridgehead atoms. The molecule has 0 aromatic heterocycles. The highest BCUT2D eigenvalue weighted by molar-refractivity contribution is 5.93. The number of carbonyl (C=O) groups is 1. The molecule has 4 heteroatoms. The van der Waals surface area contributed by atoms with Gasteiger partial charge in [-0.25, -0.2) is 0 Å². The van der Waals surface area contributed by atoms with Gasteiger partial charge < -0.3 is 15.4 Å². The first-order valence-electron chi connectivity index (χ1n) is 7.91. The molecule has 0 radical (unpaired) electrons. The molecule has 1 amide bonds. The van der Waals surface area contributed by atoms with Gasteiger partial charge in [-0.15, -0.1) is 0 Å². The summed E-state index contributed by atoms with van der Waals surface area (Å²) in [7, 11) is 0. The molecule has 0 heterocycles.